The molecule has 19 heavy (non-hydrogen) atoms. The molecule has 1 aliphatic rings. The Hall–Kier alpha value is -1.55. The zero-order valence-electron chi connectivity index (χ0n) is 11.7. The van der Waals surface area contributed by atoms with Gasteiger partial charge >= 0.3 is 0 Å². The lowest BCUT2D eigenvalue weighted by Crippen LogP contribution is -2.40. The summed E-state index contributed by atoms with van der Waals surface area (Å²) in [4.78, 5) is 14.5. The monoisotopic (exact) mass is 262 g/mol. The van der Waals surface area contributed by atoms with E-state index in [-0.39, 0.29) is 5.91 Å². The van der Waals surface area contributed by atoms with E-state index >= 15 is 0 Å². The maximum Gasteiger partial charge on any atom is 0.251 e. The number of hydrogen-bond donors (Lipinski definition) is 1. The minimum Gasteiger partial charge on any atom is -0.497 e. The Balaban J connectivity index is 1.90. The number of nitrogens with one attached hydrogen (secondary N) is 1. The van der Waals surface area contributed by atoms with Crippen molar-refractivity contribution in [3.05, 3.63) is 29.8 Å². The molecule has 0 aromatic heterocycles. The molecule has 0 spiro atoms. The molecule has 1 heterocycles. The molecule has 1 fully saturated rings. The summed E-state index contributed by atoms with van der Waals surface area (Å²) in [6, 6.07) is 7.74. The summed E-state index contributed by atoms with van der Waals surface area (Å²) in [5, 5.41) is 3.02. The van der Waals surface area contributed by atoms with E-state index in [2.05, 4.69) is 17.1 Å². The predicted octanol–water partition coefficient (Wildman–Crippen LogP) is 1.91. The summed E-state index contributed by atoms with van der Waals surface area (Å²) in [6.45, 7) is 5.10. The van der Waals surface area contributed by atoms with Crippen molar-refractivity contribution in [2.75, 3.05) is 26.7 Å². The van der Waals surface area contributed by atoms with Crippen LogP contribution in [0.2, 0.25) is 0 Å². The summed E-state index contributed by atoms with van der Waals surface area (Å²) in [6.07, 6.45) is 2.40. The van der Waals surface area contributed by atoms with Crippen molar-refractivity contribution in [1.29, 1.82) is 0 Å². The van der Waals surface area contributed by atoms with Crippen LogP contribution in [-0.2, 0) is 0 Å². The predicted molar refractivity (Wildman–Crippen MR) is 75.6 cm³/mol. The summed E-state index contributed by atoms with van der Waals surface area (Å²) in [5.41, 5.74) is 0.653. The zero-order valence-corrected chi connectivity index (χ0v) is 11.7. The second kappa shape index (κ2) is 6.57. The van der Waals surface area contributed by atoms with Gasteiger partial charge in [0.25, 0.3) is 5.91 Å². The Morgan fingerprint density at radius 2 is 2.37 bits per heavy atom. The fraction of sp³-hybridized carbons (Fsp3) is 0.533. The van der Waals surface area contributed by atoms with E-state index in [0.717, 1.165) is 19.6 Å². The molecule has 1 aromatic rings. The molecule has 0 aliphatic carbocycles. The molecule has 0 bridgehead atoms. The van der Waals surface area contributed by atoms with Gasteiger partial charge in [-0.25, -0.2) is 0 Å². The topological polar surface area (TPSA) is 41.6 Å². The van der Waals surface area contributed by atoms with Crippen LogP contribution in [0.4, 0.5) is 0 Å². The lowest BCUT2D eigenvalue weighted by molar-refractivity contribution is 0.0941. The van der Waals surface area contributed by atoms with Gasteiger partial charge in [0.15, 0.2) is 0 Å². The molecular weight excluding hydrogens is 240 g/mol. The van der Waals surface area contributed by atoms with Crippen LogP contribution in [0.25, 0.3) is 0 Å². The number of rotatable bonds is 5. The first-order valence-corrected chi connectivity index (χ1v) is 6.91. The standard InChI is InChI=1S/C15H22N2O2/c1-3-17-9-5-7-13(17)11-16-15(18)12-6-4-8-14(10-12)19-2/h4,6,8,10,13H,3,5,7,9,11H2,1-2H3,(H,16,18)/t13-/m1/s1. The van der Waals surface area contributed by atoms with Crippen molar-refractivity contribution < 1.29 is 9.53 Å². The first-order valence-electron chi connectivity index (χ1n) is 6.91. The van der Waals surface area contributed by atoms with Crippen LogP contribution in [0.15, 0.2) is 24.3 Å². The van der Waals surface area contributed by atoms with Gasteiger partial charge in [-0.2, -0.15) is 0 Å². The largest absolute Gasteiger partial charge is 0.497 e. The van der Waals surface area contributed by atoms with Crippen molar-refractivity contribution >= 4 is 5.91 Å². The number of carbonyl (C=O) groups is 1. The molecule has 1 saturated heterocycles. The maximum atomic E-state index is 12.1. The Bertz CT molecular complexity index is 434. The van der Waals surface area contributed by atoms with Gasteiger partial charge in [-0.15, -0.1) is 0 Å². The average molecular weight is 262 g/mol. The summed E-state index contributed by atoms with van der Waals surface area (Å²) in [7, 11) is 1.61. The normalized spacial score (nSPS) is 19.4. The van der Waals surface area contributed by atoms with Gasteiger partial charge in [-0.05, 0) is 44.1 Å². The zero-order chi connectivity index (χ0) is 13.7. The lowest BCUT2D eigenvalue weighted by atomic mass is 10.2. The van der Waals surface area contributed by atoms with E-state index in [0.29, 0.717) is 17.4 Å². The fourth-order valence-electron chi connectivity index (χ4n) is 2.62. The van der Waals surface area contributed by atoms with Crippen LogP contribution in [0.1, 0.15) is 30.1 Å². The van der Waals surface area contributed by atoms with Crippen LogP contribution in [0.3, 0.4) is 0 Å². The minimum absolute atomic E-state index is 0.0261. The van der Waals surface area contributed by atoms with Gasteiger partial charge < -0.3 is 10.1 Å². The number of ether oxygens (including phenoxy) is 1. The SMILES string of the molecule is CCN1CCC[C@@H]1CNC(=O)c1cccc(OC)c1. The van der Waals surface area contributed by atoms with E-state index in [1.165, 1.54) is 12.8 Å². The number of carbonyl (C=O) groups excluding carboxylic acids is 1. The molecule has 1 amide bonds. The Morgan fingerprint density at radius 3 is 3.11 bits per heavy atom. The van der Waals surface area contributed by atoms with E-state index < -0.39 is 0 Å². The van der Waals surface area contributed by atoms with Crippen LogP contribution in [0, 0.1) is 0 Å². The molecule has 0 radical (unpaired) electrons. The van der Waals surface area contributed by atoms with Crippen molar-refractivity contribution in [3.63, 3.8) is 0 Å². The molecule has 4 heteroatoms. The van der Waals surface area contributed by atoms with Crippen LogP contribution in [0.5, 0.6) is 5.75 Å². The first-order chi connectivity index (χ1) is 9.24. The third-order valence-corrected chi connectivity index (χ3v) is 3.74. The van der Waals surface area contributed by atoms with Gasteiger partial charge in [0.2, 0.25) is 0 Å². The third kappa shape index (κ3) is 3.47. The van der Waals surface area contributed by atoms with E-state index in [1.807, 2.05) is 18.2 Å². The highest BCUT2D eigenvalue weighted by molar-refractivity contribution is 5.94. The van der Waals surface area contributed by atoms with Crippen molar-refractivity contribution in [2.45, 2.75) is 25.8 Å². The van der Waals surface area contributed by atoms with Gasteiger partial charge in [0.05, 0.1) is 7.11 Å². The number of hydrogen-bond acceptors (Lipinski definition) is 3. The first kappa shape index (κ1) is 13.9. The molecule has 0 unspecified atom stereocenters. The summed E-state index contributed by atoms with van der Waals surface area (Å²) in [5.74, 6) is 0.686. The second-order valence-electron chi connectivity index (χ2n) is 4.87. The smallest absolute Gasteiger partial charge is 0.251 e. The molecular formula is C15H22N2O2. The summed E-state index contributed by atoms with van der Waals surface area (Å²) < 4.78 is 5.13. The number of methoxy groups -OCH3 is 1. The maximum absolute atomic E-state index is 12.1. The highest BCUT2D eigenvalue weighted by Crippen LogP contribution is 2.16. The molecule has 1 N–H and O–H groups in total. The highest BCUT2D eigenvalue weighted by atomic mass is 16.5. The van der Waals surface area contributed by atoms with Gasteiger partial charge in [-0.3, -0.25) is 9.69 Å². The highest BCUT2D eigenvalue weighted by Gasteiger charge is 2.23. The quantitative estimate of drug-likeness (QED) is 0.881. The third-order valence-electron chi connectivity index (χ3n) is 3.74. The number of likely N-dealkylation sites (N-methyl/N-ethyl adjacent to an activating group) is 1. The molecule has 2 rings (SSSR count). The van der Waals surface area contributed by atoms with Crippen LogP contribution in [-0.4, -0.2) is 43.6 Å². The van der Waals surface area contributed by atoms with Gasteiger partial charge in [0, 0.05) is 18.2 Å². The molecule has 1 atom stereocenters. The van der Waals surface area contributed by atoms with Crippen molar-refractivity contribution in [1.82, 2.24) is 10.2 Å². The van der Waals surface area contributed by atoms with E-state index in [4.69, 9.17) is 4.74 Å². The van der Waals surface area contributed by atoms with Crippen molar-refractivity contribution in [3.8, 4) is 5.75 Å². The Kier molecular flexibility index (Phi) is 4.80. The Labute approximate surface area is 114 Å². The number of likely N-dealkylation sites (tertiary alicyclic amines) is 1. The average Bonchev–Trinajstić information content (AvgIpc) is 2.92. The second-order valence-corrected chi connectivity index (χ2v) is 4.87. The number of amides is 1. The van der Waals surface area contributed by atoms with Crippen LogP contribution < -0.4 is 10.1 Å². The number of benzene rings is 1. The van der Waals surface area contributed by atoms with E-state index in [1.54, 1.807) is 13.2 Å². The molecule has 4 nitrogen and oxygen atoms in total. The fourth-order valence-corrected chi connectivity index (χ4v) is 2.62. The Morgan fingerprint density at radius 1 is 1.53 bits per heavy atom. The molecule has 104 valence electrons. The van der Waals surface area contributed by atoms with Crippen molar-refractivity contribution in [2.24, 2.45) is 0 Å². The van der Waals surface area contributed by atoms with E-state index in [9.17, 15) is 4.79 Å². The van der Waals surface area contributed by atoms with Gasteiger partial charge in [-0.1, -0.05) is 13.0 Å². The van der Waals surface area contributed by atoms with Crippen LogP contribution >= 0.6 is 0 Å². The summed E-state index contributed by atoms with van der Waals surface area (Å²) >= 11 is 0. The molecule has 1 aliphatic heterocycles. The molecule has 0 saturated carbocycles. The molecule has 1 aromatic carbocycles. The number of nitrogens with zero attached hydrogens (tertiary/aromatic N) is 1. The van der Waals surface area contributed by atoms with Gasteiger partial charge in [0.1, 0.15) is 5.75 Å². The minimum atomic E-state index is -0.0261. The lowest BCUT2D eigenvalue weighted by Gasteiger charge is -2.22.